The minimum absolute atomic E-state index is 0.0168. The molecule has 3 heterocycles. The number of halogens is 2. The van der Waals surface area contributed by atoms with Gasteiger partial charge in [-0.2, -0.15) is 5.10 Å². The van der Waals surface area contributed by atoms with Gasteiger partial charge in [-0.15, -0.1) is 0 Å². The average molecular weight is 514 g/mol. The van der Waals surface area contributed by atoms with Crippen molar-refractivity contribution in [2.45, 2.75) is 76.2 Å². The third-order valence-corrected chi connectivity index (χ3v) is 8.35. The molecular formula is C28H37F2N5O2. The van der Waals surface area contributed by atoms with Crippen molar-refractivity contribution in [3.63, 3.8) is 0 Å². The quantitative estimate of drug-likeness (QED) is 0.423. The molecule has 5 rings (SSSR count). The molecule has 2 aromatic heterocycles. The number of hydrogen-bond donors (Lipinski definition) is 1. The second-order valence-corrected chi connectivity index (χ2v) is 10.8. The van der Waals surface area contributed by atoms with E-state index in [0.717, 1.165) is 81.7 Å². The Balaban J connectivity index is 1.05. The number of nitrogens with zero attached hydrogens (tertiary/aromatic N) is 4. The van der Waals surface area contributed by atoms with E-state index in [4.69, 9.17) is 4.52 Å². The van der Waals surface area contributed by atoms with E-state index in [0.29, 0.717) is 17.2 Å². The summed E-state index contributed by atoms with van der Waals surface area (Å²) < 4.78 is 35.2. The number of fused-ring (bicyclic) bond motifs is 1. The lowest BCUT2D eigenvalue weighted by Gasteiger charge is -2.34. The Morgan fingerprint density at radius 3 is 2.65 bits per heavy atom. The van der Waals surface area contributed by atoms with Gasteiger partial charge >= 0.3 is 0 Å². The number of aryl methyl sites for hydroxylation is 1. The lowest BCUT2D eigenvalue weighted by molar-refractivity contribution is -0.0102. The number of rotatable bonds is 8. The van der Waals surface area contributed by atoms with E-state index in [1.54, 1.807) is 4.68 Å². The molecule has 2 fully saturated rings. The molecule has 200 valence electrons. The standard InChI is InChI=1S/C28H37F2N5O2/c1-3-28(29,30)24-18-37-33-26(24)20-12-15-35(16-13-20)14-11-19-7-9-21(10-8-19)31-27(36)22-5-4-6-25-23(22)17-34(2)32-25/h4-6,17-21H,3,7-16H2,1-2H3,(H,31,36)/t19-,21-. The van der Waals surface area contributed by atoms with Crippen molar-refractivity contribution < 1.29 is 18.1 Å². The zero-order chi connectivity index (χ0) is 26.0. The highest BCUT2D eigenvalue weighted by Gasteiger charge is 2.37. The summed E-state index contributed by atoms with van der Waals surface area (Å²) in [5, 5.41) is 12.5. The van der Waals surface area contributed by atoms with Crippen LogP contribution in [0.3, 0.4) is 0 Å². The van der Waals surface area contributed by atoms with E-state index in [-0.39, 0.29) is 29.9 Å². The molecule has 0 spiro atoms. The van der Waals surface area contributed by atoms with E-state index in [1.807, 2.05) is 31.4 Å². The van der Waals surface area contributed by atoms with Crippen LogP contribution < -0.4 is 5.32 Å². The SMILES string of the molecule is CCC(F)(F)c1conc1C1CCN(CC[C@H]2CC[C@H](NC(=O)c3cccc4nn(C)cc34)CC2)CC1. The van der Waals surface area contributed by atoms with Crippen LogP contribution >= 0.6 is 0 Å². The maximum absolute atomic E-state index is 14.2. The van der Waals surface area contributed by atoms with Gasteiger partial charge in [0.15, 0.2) is 0 Å². The molecule has 1 N–H and O–H groups in total. The summed E-state index contributed by atoms with van der Waals surface area (Å²) in [7, 11) is 1.87. The van der Waals surface area contributed by atoms with Crippen molar-refractivity contribution in [1.82, 2.24) is 25.2 Å². The van der Waals surface area contributed by atoms with Gasteiger partial charge in [0.25, 0.3) is 11.8 Å². The van der Waals surface area contributed by atoms with Crippen LogP contribution in [0.1, 0.15) is 85.8 Å². The number of nitrogens with one attached hydrogen (secondary N) is 1. The highest BCUT2D eigenvalue weighted by Crippen LogP contribution is 2.39. The molecule has 1 saturated heterocycles. The molecule has 1 saturated carbocycles. The Kier molecular flexibility index (Phi) is 7.60. The summed E-state index contributed by atoms with van der Waals surface area (Å²) in [5.74, 6) is -2.19. The smallest absolute Gasteiger partial charge is 0.277 e. The summed E-state index contributed by atoms with van der Waals surface area (Å²) in [6.07, 6.45) is 9.84. The van der Waals surface area contributed by atoms with Gasteiger partial charge in [0.2, 0.25) is 0 Å². The molecule has 3 aromatic rings. The van der Waals surface area contributed by atoms with Crippen molar-refractivity contribution in [1.29, 1.82) is 0 Å². The van der Waals surface area contributed by atoms with Crippen LogP contribution in [0.15, 0.2) is 35.2 Å². The molecular weight excluding hydrogens is 476 g/mol. The second kappa shape index (κ2) is 10.9. The highest BCUT2D eigenvalue weighted by molar-refractivity contribution is 6.06. The van der Waals surface area contributed by atoms with E-state index in [1.165, 1.54) is 6.92 Å². The number of benzene rings is 1. The normalized spacial score (nSPS) is 21.9. The first-order valence-electron chi connectivity index (χ1n) is 13.6. The molecule has 9 heteroatoms. The number of likely N-dealkylation sites (tertiary alicyclic amines) is 1. The molecule has 0 radical (unpaired) electrons. The number of carbonyl (C=O) groups is 1. The fourth-order valence-electron chi connectivity index (χ4n) is 6.02. The first-order chi connectivity index (χ1) is 17.8. The maximum Gasteiger partial charge on any atom is 0.277 e. The first-order valence-corrected chi connectivity index (χ1v) is 13.6. The first kappa shape index (κ1) is 25.8. The third-order valence-electron chi connectivity index (χ3n) is 8.35. The monoisotopic (exact) mass is 513 g/mol. The number of aromatic nitrogens is 3. The van der Waals surface area contributed by atoms with Gasteiger partial charge in [0.1, 0.15) is 6.26 Å². The van der Waals surface area contributed by atoms with Crippen LogP contribution in [0.2, 0.25) is 0 Å². The molecule has 2 aliphatic rings. The Labute approximate surface area is 216 Å². The largest absolute Gasteiger partial charge is 0.364 e. The van der Waals surface area contributed by atoms with E-state index >= 15 is 0 Å². The molecule has 0 atom stereocenters. The predicted molar refractivity (Wildman–Crippen MR) is 138 cm³/mol. The lowest BCUT2D eigenvalue weighted by Crippen LogP contribution is -2.39. The number of hydrogen-bond acceptors (Lipinski definition) is 5. The molecule has 0 unspecified atom stereocenters. The van der Waals surface area contributed by atoms with Gasteiger partial charge in [0, 0.05) is 37.0 Å². The molecule has 1 aliphatic carbocycles. The minimum Gasteiger partial charge on any atom is -0.364 e. The molecule has 7 nitrogen and oxygen atoms in total. The predicted octanol–water partition coefficient (Wildman–Crippen LogP) is 5.62. The summed E-state index contributed by atoms with van der Waals surface area (Å²) >= 11 is 0. The summed E-state index contributed by atoms with van der Waals surface area (Å²) in [6.45, 7) is 4.33. The number of amides is 1. The highest BCUT2D eigenvalue weighted by atomic mass is 19.3. The maximum atomic E-state index is 14.2. The Bertz CT molecular complexity index is 1210. The summed E-state index contributed by atoms with van der Waals surface area (Å²) in [4.78, 5) is 15.4. The average Bonchev–Trinajstić information content (AvgIpc) is 3.55. The van der Waals surface area contributed by atoms with Crippen LogP contribution in [0.5, 0.6) is 0 Å². The van der Waals surface area contributed by atoms with E-state index in [9.17, 15) is 13.6 Å². The Hall–Kier alpha value is -2.81. The van der Waals surface area contributed by atoms with E-state index in [2.05, 4.69) is 20.5 Å². The van der Waals surface area contributed by atoms with Crippen molar-refractivity contribution in [2.24, 2.45) is 13.0 Å². The van der Waals surface area contributed by atoms with Crippen LogP contribution in [0.25, 0.3) is 10.9 Å². The molecule has 1 amide bonds. The van der Waals surface area contributed by atoms with Crippen molar-refractivity contribution >= 4 is 16.8 Å². The minimum atomic E-state index is -2.88. The zero-order valence-corrected chi connectivity index (χ0v) is 21.8. The molecule has 37 heavy (non-hydrogen) atoms. The fourth-order valence-corrected chi connectivity index (χ4v) is 6.02. The lowest BCUT2D eigenvalue weighted by atomic mass is 9.83. The van der Waals surface area contributed by atoms with Gasteiger partial charge < -0.3 is 14.7 Å². The number of alkyl halides is 2. The fraction of sp³-hybridized carbons (Fsp3) is 0.607. The van der Waals surface area contributed by atoms with Crippen LogP contribution in [0.4, 0.5) is 8.78 Å². The third kappa shape index (κ3) is 5.71. The van der Waals surface area contributed by atoms with Crippen LogP contribution in [-0.4, -0.2) is 51.4 Å². The Morgan fingerprint density at radius 1 is 1.16 bits per heavy atom. The summed E-state index contributed by atoms with van der Waals surface area (Å²) in [5.41, 5.74) is 1.94. The number of piperidine rings is 1. The molecule has 1 aromatic carbocycles. The van der Waals surface area contributed by atoms with Crippen LogP contribution in [0, 0.1) is 5.92 Å². The van der Waals surface area contributed by atoms with Crippen molar-refractivity contribution in [3.05, 3.63) is 47.5 Å². The topological polar surface area (TPSA) is 76.2 Å². The van der Waals surface area contributed by atoms with E-state index < -0.39 is 5.92 Å². The van der Waals surface area contributed by atoms with Gasteiger partial charge in [-0.1, -0.05) is 18.1 Å². The van der Waals surface area contributed by atoms with Gasteiger partial charge in [-0.05, 0) is 82.6 Å². The molecule has 1 aliphatic heterocycles. The zero-order valence-electron chi connectivity index (χ0n) is 21.8. The molecule has 0 bridgehead atoms. The van der Waals surface area contributed by atoms with Gasteiger partial charge in [-0.25, -0.2) is 8.78 Å². The summed E-state index contributed by atoms with van der Waals surface area (Å²) in [6, 6.07) is 5.89. The second-order valence-electron chi connectivity index (χ2n) is 10.8. The Morgan fingerprint density at radius 2 is 1.92 bits per heavy atom. The van der Waals surface area contributed by atoms with Gasteiger partial charge in [0.05, 0.1) is 22.3 Å². The van der Waals surface area contributed by atoms with Gasteiger partial charge in [-0.3, -0.25) is 9.48 Å². The van der Waals surface area contributed by atoms with Crippen LogP contribution in [-0.2, 0) is 13.0 Å². The van der Waals surface area contributed by atoms with Crippen molar-refractivity contribution in [2.75, 3.05) is 19.6 Å². The van der Waals surface area contributed by atoms with Crippen molar-refractivity contribution in [3.8, 4) is 0 Å². The number of carbonyl (C=O) groups excluding carboxylic acids is 1.